The molecule has 0 aromatic heterocycles. The zero-order valence-corrected chi connectivity index (χ0v) is 15.6. The van der Waals surface area contributed by atoms with E-state index in [0.29, 0.717) is 21.9 Å². The monoisotopic (exact) mass is 362 g/mol. The average Bonchev–Trinajstić information content (AvgIpc) is 2.53. The van der Waals surface area contributed by atoms with E-state index in [1.54, 1.807) is 26.0 Å². The minimum Gasteiger partial charge on any atom is -0.460 e. The van der Waals surface area contributed by atoms with Crippen molar-refractivity contribution in [3.8, 4) is 6.07 Å². The topological polar surface area (TPSA) is 62.1 Å². The number of hydrogen-bond acceptors (Lipinski definition) is 5. The maximum Gasteiger partial charge on any atom is 0.337 e. The van der Waals surface area contributed by atoms with Crippen molar-refractivity contribution in [3.63, 3.8) is 0 Å². The van der Waals surface area contributed by atoms with Gasteiger partial charge < -0.3 is 10.1 Å². The highest BCUT2D eigenvalue weighted by Crippen LogP contribution is 2.40. The van der Waals surface area contributed by atoms with Gasteiger partial charge >= 0.3 is 5.97 Å². The highest BCUT2D eigenvalue weighted by atomic mass is 35.5. The molecule has 1 heterocycles. The third kappa shape index (κ3) is 3.77. The Morgan fingerprint density at radius 3 is 2.50 bits per heavy atom. The van der Waals surface area contributed by atoms with E-state index in [9.17, 15) is 10.1 Å². The van der Waals surface area contributed by atoms with Crippen molar-refractivity contribution >= 4 is 29.3 Å². The number of benzene rings is 1. The standard InChI is InChI=1S/C18H19ClN2O2S/c1-10(2)23-18(22)15-11(3)21-17(24-4)14(9-20)16(15)12-5-7-13(19)8-6-12/h5-8,10,16,21H,1-4H3/t16-/m0/s1. The molecule has 4 nitrogen and oxygen atoms in total. The van der Waals surface area contributed by atoms with Gasteiger partial charge in [0.25, 0.3) is 0 Å². The number of dihydropyridines is 1. The Kier molecular flexibility index (Phi) is 5.98. The molecular formula is C18H19ClN2O2S. The quantitative estimate of drug-likeness (QED) is 0.807. The summed E-state index contributed by atoms with van der Waals surface area (Å²) < 4.78 is 5.40. The third-order valence-electron chi connectivity index (χ3n) is 3.62. The fourth-order valence-corrected chi connectivity index (χ4v) is 3.37. The lowest BCUT2D eigenvalue weighted by atomic mass is 9.82. The Morgan fingerprint density at radius 1 is 1.38 bits per heavy atom. The van der Waals surface area contributed by atoms with Crippen molar-refractivity contribution in [2.75, 3.05) is 6.26 Å². The van der Waals surface area contributed by atoms with Crippen LogP contribution in [0.25, 0.3) is 0 Å². The van der Waals surface area contributed by atoms with Crippen molar-refractivity contribution in [2.24, 2.45) is 0 Å². The zero-order valence-electron chi connectivity index (χ0n) is 14.0. The van der Waals surface area contributed by atoms with E-state index in [1.807, 2.05) is 25.3 Å². The molecule has 0 unspecified atom stereocenters. The first-order chi connectivity index (χ1) is 11.4. The van der Waals surface area contributed by atoms with Gasteiger partial charge in [-0.1, -0.05) is 23.7 Å². The molecule has 2 rings (SSSR count). The van der Waals surface area contributed by atoms with E-state index in [2.05, 4.69) is 11.4 Å². The number of carbonyl (C=O) groups excluding carboxylic acids is 1. The summed E-state index contributed by atoms with van der Waals surface area (Å²) in [5.41, 5.74) is 2.49. The fourth-order valence-electron chi connectivity index (χ4n) is 2.61. The third-order valence-corrected chi connectivity index (χ3v) is 4.60. The normalized spacial score (nSPS) is 17.6. The smallest absolute Gasteiger partial charge is 0.337 e. The SMILES string of the molecule is CSC1=C(C#N)[C@H](c2ccc(Cl)cc2)C(C(=O)OC(C)C)=C(C)N1. The van der Waals surface area contributed by atoms with Crippen LogP contribution in [0.3, 0.4) is 0 Å². The van der Waals surface area contributed by atoms with E-state index in [0.717, 1.165) is 10.6 Å². The number of carbonyl (C=O) groups is 1. The largest absolute Gasteiger partial charge is 0.460 e. The van der Waals surface area contributed by atoms with Crippen molar-refractivity contribution in [1.29, 1.82) is 5.26 Å². The van der Waals surface area contributed by atoms with Gasteiger partial charge in [0.05, 0.1) is 34.3 Å². The number of esters is 1. The second-order valence-electron chi connectivity index (χ2n) is 5.66. The van der Waals surface area contributed by atoms with Crippen molar-refractivity contribution in [1.82, 2.24) is 5.32 Å². The molecule has 0 radical (unpaired) electrons. The Bertz CT molecular complexity index is 745. The molecule has 1 aliphatic rings. The van der Waals surface area contributed by atoms with Crippen LogP contribution < -0.4 is 5.32 Å². The van der Waals surface area contributed by atoms with Crippen LogP contribution in [0.15, 0.2) is 46.1 Å². The van der Waals surface area contributed by atoms with E-state index in [4.69, 9.17) is 16.3 Å². The number of allylic oxidation sites excluding steroid dienone is 2. The first kappa shape index (κ1) is 18.4. The van der Waals surface area contributed by atoms with Gasteiger partial charge in [0.2, 0.25) is 0 Å². The van der Waals surface area contributed by atoms with Crippen molar-refractivity contribution in [2.45, 2.75) is 32.8 Å². The molecule has 0 amide bonds. The molecule has 0 fully saturated rings. The van der Waals surface area contributed by atoms with Gasteiger partial charge in [0.15, 0.2) is 0 Å². The molecule has 126 valence electrons. The van der Waals surface area contributed by atoms with Gasteiger partial charge in [-0.05, 0) is 44.7 Å². The van der Waals surface area contributed by atoms with Gasteiger partial charge in [-0.2, -0.15) is 5.26 Å². The Balaban J connectivity index is 2.60. The molecule has 6 heteroatoms. The second-order valence-corrected chi connectivity index (χ2v) is 6.91. The van der Waals surface area contributed by atoms with Crippen LogP contribution in [0.5, 0.6) is 0 Å². The van der Waals surface area contributed by atoms with Crippen molar-refractivity contribution in [3.05, 3.63) is 56.7 Å². The number of hydrogen-bond donors (Lipinski definition) is 1. The molecule has 1 N–H and O–H groups in total. The molecular weight excluding hydrogens is 344 g/mol. The van der Waals surface area contributed by atoms with Crippen LogP contribution in [0.2, 0.25) is 5.02 Å². The van der Waals surface area contributed by atoms with Crippen molar-refractivity contribution < 1.29 is 9.53 Å². The summed E-state index contributed by atoms with van der Waals surface area (Å²) in [4.78, 5) is 12.6. The van der Waals surface area contributed by atoms with Gasteiger partial charge in [0, 0.05) is 10.7 Å². The molecule has 24 heavy (non-hydrogen) atoms. The fraction of sp³-hybridized carbons (Fsp3) is 0.333. The number of nitrogens with zero attached hydrogens (tertiary/aromatic N) is 1. The Morgan fingerprint density at radius 2 is 2.00 bits per heavy atom. The number of ether oxygens (including phenoxy) is 1. The van der Waals surface area contributed by atoms with E-state index in [-0.39, 0.29) is 6.10 Å². The molecule has 1 aromatic rings. The lowest BCUT2D eigenvalue weighted by Gasteiger charge is -2.29. The van der Waals surface area contributed by atoms with Gasteiger partial charge in [-0.3, -0.25) is 0 Å². The van der Waals surface area contributed by atoms with Crippen LogP contribution in [-0.4, -0.2) is 18.3 Å². The number of nitriles is 1. The molecule has 0 saturated heterocycles. The second kappa shape index (κ2) is 7.78. The molecule has 1 atom stereocenters. The summed E-state index contributed by atoms with van der Waals surface area (Å²) in [6.45, 7) is 5.43. The maximum atomic E-state index is 12.6. The lowest BCUT2D eigenvalue weighted by Crippen LogP contribution is -2.29. The molecule has 1 aromatic carbocycles. The van der Waals surface area contributed by atoms with Crippen LogP contribution in [0.4, 0.5) is 0 Å². The highest BCUT2D eigenvalue weighted by Gasteiger charge is 2.35. The highest BCUT2D eigenvalue weighted by molar-refractivity contribution is 8.02. The summed E-state index contributed by atoms with van der Waals surface area (Å²) in [6.07, 6.45) is 1.66. The first-order valence-corrected chi connectivity index (χ1v) is 9.11. The van der Waals surface area contributed by atoms with Crippen LogP contribution in [-0.2, 0) is 9.53 Å². The van der Waals surface area contributed by atoms with Crippen LogP contribution in [0, 0.1) is 11.3 Å². The Hall–Kier alpha value is -1.90. The number of rotatable bonds is 4. The van der Waals surface area contributed by atoms with Gasteiger partial charge in [-0.15, -0.1) is 11.8 Å². The minimum atomic E-state index is -0.470. The van der Waals surface area contributed by atoms with E-state index >= 15 is 0 Å². The first-order valence-electron chi connectivity index (χ1n) is 7.51. The zero-order chi connectivity index (χ0) is 17.9. The minimum absolute atomic E-state index is 0.236. The number of halogens is 1. The summed E-state index contributed by atoms with van der Waals surface area (Å²) in [5.74, 6) is -0.884. The molecule has 0 bridgehead atoms. The average molecular weight is 363 g/mol. The van der Waals surface area contributed by atoms with Crippen LogP contribution in [0.1, 0.15) is 32.3 Å². The predicted molar refractivity (Wildman–Crippen MR) is 97.4 cm³/mol. The maximum absolute atomic E-state index is 12.6. The summed E-state index contributed by atoms with van der Waals surface area (Å²) >= 11 is 7.42. The molecule has 0 spiro atoms. The molecule has 0 aliphatic carbocycles. The lowest BCUT2D eigenvalue weighted by molar-refractivity contribution is -0.143. The van der Waals surface area contributed by atoms with Gasteiger partial charge in [-0.25, -0.2) is 4.79 Å². The molecule has 1 aliphatic heterocycles. The van der Waals surface area contributed by atoms with Gasteiger partial charge in [0.1, 0.15) is 0 Å². The Labute approximate surface area is 151 Å². The van der Waals surface area contributed by atoms with Crippen LogP contribution >= 0.6 is 23.4 Å². The number of thioether (sulfide) groups is 1. The summed E-state index contributed by atoms with van der Waals surface area (Å²) in [7, 11) is 0. The van der Waals surface area contributed by atoms with E-state index in [1.165, 1.54) is 11.8 Å². The predicted octanol–water partition coefficient (Wildman–Crippen LogP) is 4.35. The van der Waals surface area contributed by atoms with E-state index < -0.39 is 11.9 Å². The number of nitrogens with one attached hydrogen (secondary N) is 1. The molecule has 0 saturated carbocycles. The summed E-state index contributed by atoms with van der Waals surface area (Å²) in [5, 5.41) is 14.2. The summed E-state index contributed by atoms with van der Waals surface area (Å²) in [6, 6.07) is 9.44.